The Labute approximate surface area is 133 Å². The topological polar surface area (TPSA) is 37.8 Å². The molecule has 0 atom stereocenters. The van der Waals surface area contributed by atoms with Gasteiger partial charge in [0, 0.05) is 16.5 Å². The van der Waals surface area contributed by atoms with E-state index in [1.807, 2.05) is 18.2 Å². The van der Waals surface area contributed by atoms with Gasteiger partial charge >= 0.3 is 0 Å². The Morgan fingerprint density at radius 2 is 1.81 bits per heavy atom. The summed E-state index contributed by atoms with van der Waals surface area (Å²) in [7, 11) is 0. The SMILES string of the molecule is CC(C)(C)Nc1nc(Cl)c2c(-c3ccccc3)csc2n1. The van der Waals surface area contributed by atoms with Crippen LogP contribution in [-0.2, 0) is 0 Å². The average molecular weight is 318 g/mol. The zero-order chi connectivity index (χ0) is 15.0. The van der Waals surface area contributed by atoms with E-state index in [4.69, 9.17) is 11.6 Å². The van der Waals surface area contributed by atoms with Crippen molar-refractivity contribution in [1.29, 1.82) is 0 Å². The van der Waals surface area contributed by atoms with Crippen molar-refractivity contribution in [1.82, 2.24) is 9.97 Å². The number of aromatic nitrogens is 2. The number of hydrogen-bond acceptors (Lipinski definition) is 4. The van der Waals surface area contributed by atoms with E-state index in [1.165, 1.54) is 0 Å². The van der Waals surface area contributed by atoms with Gasteiger partial charge in [-0.25, -0.2) is 9.97 Å². The highest BCUT2D eigenvalue weighted by molar-refractivity contribution is 7.17. The van der Waals surface area contributed by atoms with Crippen LogP contribution in [0.2, 0.25) is 5.15 Å². The summed E-state index contributed by atoms with van der Waals surface area (Å²) < 4.78 is 0. The average Bonchev–Trinajstić information content (AvgIpc) is 2.82. The molecule has 21 heavy (non-hydrogen) atoms. The Kier molecular flexibility index (Phi) is 3.59. The van der Waals surface area contributed by atoms with Gasteiger partial charge in [0.2, 0.25) is 5.95 Å². The van der Waals surface area contributed by atoms with Crippen molar-refractivity contribution in [2.45, 2.75) is 26.3 Å². The molecule has 3 nitrogen and oxygen atoms in total. The molecule has 0 spiro atoms. The number of hydrogen-bond donors (Lipinski definition) is 1. The Balaban J connectivity index is 2.12. The molecule has 0 radical (unpaired) electrons. The maximum absolute atomic E-state index is 6.40. The number of nitrogens with one attached hydrogen (secondary N) is 1. The number of benzene rings is 1. The molecule has 0 saturated carbocycles. The van der Waals surface area contributed by atoms with Crippen LogP contribution < -0.4 is 5.32 Å². The maximum Gasteiger partial charge on any atom is 0.225 e. The number of thiophene rings is 1. The summed E-state index contributed by atoms with van der Waals surface area (Å²) in [6.45, 7) is 6.20. The second kappa shape index (κ2) is 5.28. The monoisotopic (exact) mass is 317 g/mol. The predicted octanol–water partition coefficient (Wildman–Crippen LogP) is 5.22. The van der Waals surface area contributed by atoms with E-state index in [1.54, 1.807) is 11.3 Å². The molecule has 0 aliphatic rings. The van der Waals surface area contributed by atoms with Crippen molar-refractivity contribution < 1.29 is 0 Å². The van der Waals surface area contributed by atoms with Crippen LogP contribution in [0.15, 0.2) is 35.7 Å². The van der Waals surface area contributed by atoms with Crippen LogP contribution in [0.1, 0.15) is 20.8 Å². The van der Waals surface area contributed by atoms with Gasteiger partial charge in [0.15, 0.2) is 0 Å². The second-order valence-electron chi connectivity index (χ2n) is 5.91. The number of rotatable bonds is 2. The standard InChI is InChI=1S/C16H16ClN3S/c1-16(2,3)20-15-18-13(17)12-11(9-21-14(12)19-15)10-7-5-4-6-8-10/h4-9H,1-3H3,(H,18,19,20). The Morgan fingerprint density at radius 1 is 1.10 bits per heavy atom. The lowest BCUT2D eigenvalue weighted by molar-refractivity contribution is 0.627. The van der Waals surface area contributed by atoms with E-state index in [0.717, 1.165) is 21.3 Å². The maximum atomic E-state index is 6.40. The van der Waals surface area contributed by atoms with E-state index < -0.39 is 0 Å². The molecular weight excluding hydrogens is 302 g/mol. The van der Waals surface area contributed by atoms with Gasteiger partial charge < -0.3 is 5.32 Å². The second-order valence-corrected chi connectivity index (χ2v) is 7.12. The van der Waals surface area contributed by atoms with Crippen molar-refractivity contribution in [2.75, 3.05) is 5.32 Å². The fourth-order valence-electron chi connectivity index (χ4n) is 2.12. The van der Waals surface area contributed by atoms with E-state index in [9.17, 15) is 0 Å². The normalized spacial score (nSPS) is 11.8. The molecule has 0 bridgehead atoms. The molecule has 0 saturated heterocycles. The highest BCUT2D eigenvalue weighted by atomic mass is 35.5. The largest absolute Gasteiger partial charge is 0.350 e. The van der Waals surface area contributed by atoms with Gasteiger partial charge in [0.1, 0.15) is 9.98 Å². The summed E-state index contributed by atoms with van der Waals surface area (Å²) in [4.78, 5) is 9.88. The Bertz CT molecular complexity index is 775. The summed E-state index contributed by atoms with van der Waals surface area (Å²) in [5.74, 6) is 0.571. The number of anilines is 1. The fourth-order valence-corrected chi connectivity index (χ4v) is 3.40. The van der Waals surface area contributed by atoms with Crippen LogP contribution in [0.3, 0.4) is 0 Å². The minimum Gasteiger partial charge on any atom is -0.350 e. The van der Waals surface area contributed by atoms with E-state index in [0.29, 0.717) is 11.1 Å². The first kappa shape index (κ1) is 14.3. The molecule has 0 fully saturated rings. The number of halogens is 1. The zero-order valence-electron chi connectivity index (χ0n) is 12.1. The number of fused-ring (bicyclic) bond motifs is 1. The number of nitrogens with zero attached hydrogens (tertiary/aromatic N) is 2. The molecule has 1 N–H and O–H groups in total. The van der Waals surface area contributed by atoms with Crippen molar-refractivity contribution in [3.05, 3.63) is 40.9 Å². The molecule has 3 rings (SSSR count). The van der Waals surface area contributed by atoms with Gasteiger partial charge in [0.25, 0.3) is 0 Å². The molecule has 5 heteroatoms. The highest BCUT2D eigenvalue weighted by Gasteiger charge is 2.17. The van der Waals surface area contributed by atoms with Gasteiger partial charge in [-0.05, 0) is 26.3 Å². The van der Waals surface area contributed by atoms with E-state index in [-0.39, 0.29) is 5.54 Å². The highest BCUT2D eigenvalue weighted by Crippen LogP contribution is 2.37. The predicted molar refractivity (Wildman–Crippen MR) is 91.2 cm³/mol. The molecule has 0 aliphatic heterocycles. The summed E-state index contributed by atoms with van der Waals surface area (Å²) in [6.07, 6.45) is 0. The van der Waals surface area contributed by atoms with Gasteiger partial charge in [0.05, 0.1) is 5.39 Å². The lowest BCUT2D eigenvalue weighted by Crippen LogP contribution is -2.27. The molecule has 0 unspecified atom stereocenters. The minimum atomic E-state index is -0.101. The molecule has 2 aromatic heterocycles. The first-order chi connectivity index (χ1) is 9.94. The van der Waals surface area contributed by atoms with Crippen LogP contribution in [-0.4, -0.2) is 15.5 Å². The van der Waals surface area contributed by atoms with Crippen LogP contribution in [0.4, 0.5) is 5.95 Å². The minimum absolute atomic E-state index is 0.101. The Morgan fingerprint density at radius 3 is 2.48 bits per heavy atom. The van der Waals surface area contributed by atoms with Crippen LogP contribution in [0, 0.1) is 0 Å². The summed E-state index contributed by atoms with van der Waals surface area (Å²) in [5, 5.41) is 6.76. The zero-order valence-corrected chi connectivity index (χ0v) is 13.7. The van der Waals surface area contributed by atoms with Crippen LogP contribution >= 0.6 is 22.9 Å². The molecule has 0 amide bonds. The summed E-state index contributed by atoms with van der Waals surface area (Å²) in [6, 6.07) is 10.2. The van der Waals surface area contributed by atoms with Crippen LogP contribution in [0.5, 0.6) is 0 Å². The molecular formula is C16H16ClN3S. The fraction of sp³-hybridized carbons (Fsp3) is 0.250. The molecule has 1 aromatic carbocycles. The van der Waals surface area contributed by atoms with Gasteiger partial charge in [-0.15, -0.1) is 11.3 Å². The van der Waals surface area contributed by atoms with Crippen molar-refractivity contribution in [3.63, 3.8) is 0 Å². The lowest BCUT2D eigenvalue weighted by Gasteiger charge is -2.20. The van der Waals surface area contributed by atoms with Crippen molar-refractivity contribution >= 4 is 39.1 Å². The van der Waals surface area contributed by atoms with Gasteiger partial charge in [-0.2, -0.15) is 0 Å². The third kappa shape index (κ3) is 3.01. The third-order valence-electron chi connectivity index (χ3n) is 2.96. The van der Waals surface area contributed by atoms with Crippen LogP contribution in [0.25, 0.3) is 21.3 Å². The summed E-state index contributed by atoms with van der Waals surface area (Å²) >= 11 is 7.99. The van der Waals surface area contributed by atoms with Gasteiger partial charge in [-0.3, -0.25) is 0 Å². The summed E-state index contributed by atoms with van der Waals surface area (Å²) in [5.41, 5.74) is 2.12. The molecule has 2 heterocycles. The van der Waals surface area contributed by atoms with Gasteiger partial charge in [-0.1, -0.05) is 41.9 Å². The van der Waals surface area contributed by atoms with E-state index in [2.05, 4.69) is 53.6 Å². The lowest BCUT2D eigenvalue weighted by atomic mass is 10.1. The Hall–Kier alpha value is -1.65. The van der Waals surface area contributed by atoms with Crippen molar-refractivity contribution in [3.8, 4) is 11.1 Å². The molecule has 108 valence electrons. The first-order valence-electron chi connectivity index (χ1n) is 6.72. The van der Waals surface area contributed by atoms with E-state index >= 15 is 0 Å². The van der Waals surface area contributed by atoms with Crippen molar-refractivity contribution in [2.24, 2.45) is 0 Å². The molecule has 0 aliphatic carbocycles. The smallest absolute Gasteiger partial charge is 0.225 e. The quantitative estimate of drug-likeness (QED) is 0.658. The molecule has 3 aromatic rings. The third-order valence-corrected chi connectivity index (χ3v) is 4.11. The first-order valence-corrected chi connectivity index (χ1v) is 7.98.